The zero-order valence-electron chi connectivity index (χ0n) is 7.80. The quantitative estimate of drug-likeness (QED) is 0.792. The summed E-state index contributed by atoms with van der Waals surface area (Å²) in [6, 6.07) is 3.29. The Kier molecular flexibility index (Phi) is 2.47. The van der Waals surface area contributed by atoms with E-state index >= 15 is 0 Å². The maximum atomic E-state index is 13.0. The molecule has 0 radical (unpaired) electrons. The van der Waals surface area contributed by atoms with Gasteiger partial charge in [-0.3, -0.25) is 5.10 Å². The molecule has 1 aromatic carbocycles. The minimum Gasteiger partial charge on any atom is -0.326 e. The molecule has 0 unspecified atom stereocenters. The van der Waals surface area contributed by atoms with E-state index in [9.17, 15) is 8.78 Å². The molecular formula is C10H9F2N3. The van der Waals surface area contributed by atoms with E-state index in [-0.39, 0.29) is 6.54 Å². The van der Waals surface area contributed by atoms with Gasteiger partial charge in [0.15, 0.2) is 0 Å². The van der Waals surface area contributed by atoms with E-state index in [0.29, 0.717) is 11.3 Å². The number of nitrogens with zero attached hydrogens (tertiary/aromatic N) is 1. The molecule has 1 heterocycles. The highest BCUT2D eigenvalue weighted by Crippen LogP contribution is 2.22. The van der Waals surface area contributed by atoms with Gasteiger partial charge < -0.3 is 5.73 Å². The van der Waals surface area contributed by atoms with Crippen molar-refractivity contribution in [2.75, 3.05) is 0 Å². The standard InChI is InChI=1S/C10H9F2N3/c11-8-1-6(2-9(12)3-8)10-7(4-13)5-14-15-10/h1-3,5H,4,13H2,(H,14,15). The summed E-state index contributed by atoms with van der Waals surface area (Å²) in [4.78, 5) is 0. The minimum absolute atomic E-state index is 0.268. The van der Waals surface area contributed by atoms with Crippen molar-refractivity contribution in [1.82, 2.24) is 10.2 Å². The molecule has 0 aliphatic heterocycles. The lowest BCUT2D eigenvalue weighted by molar-refractivity contribution is 0.584. The van der Waals surface area contributed by atoms with Crippen molar-refractivity contribution in [3.05, 3.63) is 41.6 Å². The fraction of sp³-hybridized carbons (Fsp3) is 0.100. The molecule has 0 amide bonds. The molecule has 0 aliphatic carbocycles. The maximum absolute atomic E-state index is 13.0. The Morgan fingerprint density at radius 2 is 1.87 bits per heavy atom. The van der Waals surface area contributed by atoms with E-state index < -0.39 is 11.6 Å². The van der Waals surface area contributed by atoms with Gasteiger partial charge in [-0.05, 0) is 12.1 Å². The van der Waals surface area contributed by atoms with E-state index in [1.165, 1.54) is 18.3 Å². The molecule has 78 valence electrons. The lowest BCUT2D eigenvalue weighted by atomic mass is 10.1. The first-order chi connectivity index (χ1) is 7.20. The lowest BCUT2D eigenvalue weighted by Gasteiger charge is -2.01. The average Bonchev–Trinajstić information content (AvgIpc) is 2.63. The number of halogens is 2. The van der Waals surface area contributed by atoms with Gasteiger partial charge >= 0.3 is 0 Å². The molecular weight excluding hydrogens is 200 g/mol. The van der Waals surface area contributed by atoms with E-state index in [2.05, 4.69) is 10.2 Å². The van der Waals surface area contributed by atoms with E-state index in [4.69, 9.17) is 5.73 Å². The first-order valence-electron chi connectivity index (χ1n) is 4.39. The first-order valence-corrected chi connectivity index (χ1v) is 4.39. The predicted molar refractivity (Wildman–Crippen MR) is 51.8 cm³/mol. The number of H-pyrrole nitrogens is 1. The summed E-state index contributed by atoms with van der Waals surface area (Å²) in [6.45, 7) is 0.268. The van der Waals surface area contributed by atoms with Gasteiger partial charge in [0.25, 0.3) is 0 Å². The summed E-state index contributed by atoms with van der Waals surface area (Å²) in [6.07, 6.45) is 1.54. The zero-order chi connectivity index (χ0) is 10.8. The molecule has 0 saturated carbocycles. The summed E-state index contributed by atoms with van der Waals surface area (Å²) in [5.41, 5.74) is 7.14. The van der Waals surface area contributed by atoms with Crippen LogP contribution < -0.4 is 5.73 Å². The Labute approximate surface area is 84.9 Å². The third kappa shape index (κ3) is 1.87. The molecule has 0 atom stereocenters. The second kappa shape index (κ2) is 3.78. The molecule has 3 N–H and O–H groups in total. The maximum Gasteiger partial charge on any atom is 0.126 e. The van der Waals surface area contributed by atoms with Gasteiger partial charge in [-0.1, -0.05) is 0 Å². The molecule has 0 saturated heterocycles. The Hall–Kier alpha value is -1.75. The summed E-state index contributed by atoms with van der Waals surface area (Å²) < 4.78 is 25.9. The van der Waals surface area contributed by atoms with Crippen molar-refractivity contribution in [3.8, 4) is 11.3 Å². The SMILES string of the molecule is NCc1cn[nH]c1-c1cc(F)cc(F)c1. The van der Waals surface area contributed by atoms with Crippen LogP contribution in [-0.4, -0.2) is 10.2 Å². The number of aromatic amines is 1. The molecule has 15 heavy (non-hydrogen) atoms. The number of hydrogen-bond donors (Lipinski definition) is 2. The number of nitrogens with two attached hydrogens (primary N) is 1. The highest BCUT2D eigenvalue weighted by Gasteiger charge is 2.08. The normalized spacial score (nSPS) is 10.6. The zero-order valence-corrected chi connectivity index (χ0v) is 7.80. The van der Waals surface area contributed by atoms with Crippen molar-refractivity contribution in [1.29, 1.82) is 0 Å². The molecule has 5 heteroatoms. The monoisotopic (exact) mass is 209 g/mol. The Morgan fingerprint density at radius 1 is 1.20 bits per heavy atom. The van der Waals surface area contributed by atoms with Crippen LogP contribution in [0, 0.1) is 11.6 Å². The molecule has 0 aliphatic rings. The van der Waals surface area contributed by atoms with Crippen molar-refractivity contribution in [2.45, 2.75) is 6.54 Å². The second-order valence-corrected chi connectivity index (χ2v) is 3.13. The van der Waals surface area contributed by atoms with Crippen molar-refractivity contribution < 1.29 is 8.78 Å². The highest BCUT2D eigenvalue weighted by molar-refractivity contribution is 5.62. The number of rotatable bonds is 2. The van der Waals surface area contributed by atoms with E-state index in [1.807, 2.05) is 0 Å². The molecule has 0 bridgehead atoms. The van der Waals surface area contributed by atoms with Crippen LogP contribution in [0.3, 0.4) is 0 Å². The van der Waals surface area contributed by atoms with Gasteiger partial charge in [-0.2, -0.15) is 5.10 Å². The Morgan fingerprint density at radius 3 is 2.47 bits per heavy atom. The van der Waals surface area contributed by atoms with Crippen molar-refractivity contribution in [3.63, 3.8) is 0 Å². The fourth-order valence-corrected chi connectivity index (χ4v) is 1.41. The van der Waals surface area contributed by atoms with Crippen LogP contribution in [0.4, 0.5) is 8.78 Å². The molecule has 3 nitrogen and oxygen atoms in total. The van der Waals surface area contributed by atoms with Gasteiger partial charge in [0.2, 0.25) is 0 Å². The fourth-order valence-electron chi connectivity index (χ4n) is 1.41. The summed E-state index contributed by atoms with van der Waals surface area (Å²) in [5, 5.41) is 6.44. The predicted octanol–water partition coefficient (Wildman–Crippen LogP) is 1.81. The van der Waals surface area contributed by atoms with E-state index in [1.54, 1.807) is 0 Å². The first kappa shape index (κ1) is 9.79. The third-order valence-corrected chi connectivity index (χ3v) is 2.09. The van der Waals surface area contributed by atoms with E-state index in [0.717, 1.165) is 11.6 Å². The molecule has 2 rings (SSSR count). The van der Waals surface area contributed by atoms with Crippen LogP contribution in [0.25, 0.3) is 11.3 Å². The molecule has 2 aromatic rings. The van der Waals surface area contributed by atoms with Gasteiger partial charge in [0.05, 0.1) is 11.9 Å². The topological polar surface area (TPSA) is 54.7 Å². The van der Waals surface area contributed by atoms with Gasteiger partial charge in [-0.15, -0.1) is 0 Å². The van der Waals surface area contributed by atoms with Crippen LogP contribution in [0.15, 0.2) is 24.4 Å². The number of nitrogens with one attached hydrogen (secondary N) is 1. The Bertz CT molecular complexity index is 459. The summed E-state index contributed by atoms with van der Waals surface area (Å²) >= 11 is 0. The van der Waals surface area contributed by atoms with Gasteiger partial charge in [-0.25, -0.2) is 8.78 Å². The number of benzene rings is 1. The van der Waals surface area contributed by atoms with Crippen LogP contribution in [0.1, 0.15) is 5.56 Å². The minimum atomic E-state index is -0.623. The van der Waals surface area contributed by atoms with Crippen molar-refractivity contribution in [2.24, 2.45) is 5.73 Å². The van der Waals surface area contributed by atoms with Crippen LogP contribution in [0.2, 0.25) is 0 Å². The average molecular weight is 209 g/mol. The highest BCUT2D eigenvalue weighted by atomic mass is 19.1. The number of hydrogen-bond acceptors (Lipinski definition) is 2. The van der Waals surface area contributed by atoms with Crippen LogP contribution >= 0.6 is 0 Å². The molecule has 1 aromatic heterocycles. The smallest absolute Gasteiger partial charge is 0.126 e. The number of aromatic nitrogens is 2. The van der Waals surface area contributed by atoms with Crippen LogP contribution in [0.5, 0.6) is 0 Å². The molecule has 0 spiro atoms. The third-order valence-electron chi connectivity index (χ3n) is 2.09. The Balaban J connectivity index is 2.53. The lowest BCUT2D eigenvalue weighted by Crippen LogP contribution is -1.97. The van der Waals surface area contributed by atoms with Gasteiger partial charge in [0, 0.05) is 23.7 Å². The van der Waals surface area contributed by atoms with Gasteiger partial charge in [0.1, 0.15) is 11.6 Å². The summed E-state index contributed by atoms with van der Waals surface area (Å²) in [7, 11) is 0. The molecule has 0 fully saturated rings. The largest absolute Gasteiger partial charge is 0.326 e. The summed E-state index contributed by atoms with van der Waals surface area (Å²) in [5.74, 6) is -1.25. The van der Waals surface area contributed by atoms with Crippen LogP contribution in [-0.2, 0) is 6.54 Å². The van der Waals surface area contributed by atoms with Crippen molar-refractivity contribution >= 4 is 0 Å². The second-order valence-electron chi connectivity index (χ2n) is 3.13.